The number of anilines is 1. The SMILES string of the molecule is COc1cc(=O)n(-c2ccc(F)cc2)nc1C(=O)Nc1ccc(-c2nc3ccc(C)cc3s2)cc1. The highest BCUT2D eigenvalue weighted by molar-refractivity contribution is 7.21. The maximum Gasteiger partial charge on any atom is 0.279 e. The van der Waals surface area contributed by atoms with E-state index in [-0.39, 0.29) is 11.4 Å². The molecule has 2 heterocycles. The van der Waals surface area contributed by atoms with Gasteiger partial charge in [-0.25, -0.2) is 9.37 Å². The maximum atomic E-state index is 13.3. The van der Waals surface area contributed by atoms with Crippen molar-refractivity contribution in [2.45, 2.75) is 6.92 Å². The van der Waals surface area contributed by atoms with Gasteiger partial charge in [0.2, 0.25) is 0 Å². The Balaban J connectivity index is 1.41. The summed E-state index contributed by atoms with van der Waals surface area (Å²) in [6.07, 6.45) is 0. The second-order valence-corrected chi connectivity index (χ2v) is 8.84. The molecule has 0 bridgehead atoms. The normalized spacial score (nSPS) is 10.9. The molecule has 0 spiro atoms. The van der Waals surface area contributed by atoms with E-state index in [4.69, 9.17) is 4.74 Å². The van der Waals surface area contributed by atoms with Gasteiger partial charge in [0, 0.05) is 11.3 Å². The van der Waals surface area contributed by atoms with Gasteiger partial charge in [-0.2, -0.15) is 9.78 Å². The Morgan fingerprint density at radius 1 is 1.03 bits per heavy atom. The van der Waals surface area contributed by atoms with E-state index in [1.165, 1.54) is 43.0 Å². The van der Waals surface area contributed by atoms with Crippen LogP contribution >= 0.6 is 11.3 Å². The number of carbonyl (C=O) groups excluding carboxylic acids is 1. The van der Waals surface area contributed by atoms with Gasteiger partial charge < -0.3 is 10.1 Å². The van der Waals surface area contributed by atoms with Crippen molar-refractivity contribution >= 4 is 33.1 Å². The van der Waals surface area contributed by atoms with Gasteiger partial charge in [0.25, 0.3) is 11.5 Å². The predicted octanol–water partition coefficient (Wildman–Crippen LogP) is 5.22. The lowest BCUT2D eigenvalue weighted by Crippen LogP contribution is -2.26. The molecule has 35 heavy (non-hydrogen) atoms. The van der Waals surface area contributed by atoms with Crippen LogP contribution in [0.25, 0.3) is 26.5 Å². The third-order valence-corrected chi connectivity index (χ3v) is 6.40. The highest BCUT2D eigenvalue weighted by atomic mass is 32.1. The van der Waals surface area contributed by atoms with E-state index < -0.39 is 17.3 Å². The molecule has 0 radical (unpaired) electrons. The molecule has 5 aromatic rings. The zero-order valence-electron chi connectivity index (χ0n) is 18.8. The van der Waals surface area contributed by atoms with Crippen LogP contribution in [-0.2, 0) is 0 Å². The Morgan fingerprint density at radius 3 is 2.49 bits per heavy atom. The fourth-order valence-electron chi connectivity index (χ4n) is 3.56. The summed E-state index contributed by atoms with van der Waals surface area (Å²) < 4.78 is 20.6. The highest BCUT2D eigenvalue weighted by Crippen LogP contribution is 2.31. The average Bonchev–Trinajstić information content (AvgIpc) is 3.28. The number of nitrogens with zero attached hydrogens (tertiary/aromatic N) is 3. The van der Waals surface area contributed by atoms with Crippen molar-refractivity contribution in [2.75, 3.05) is 12.4 Å². The predicted molar refractivity (Wildman–Crippen MR) is 134 cm³/mol. The first-order valence-electron chi connectivity index (χ1n) is 10.6. The summed E-state index contributed by atoms with van der Waals surface area (Å²) in [6.45, 7) is 2.05. The Bertz CT molecular complexity index is 1610. The van der Waals surface area contributed by atoms with Gasteiger partial charge in [0.05, 0.1) is 29.1 Å². The smallest absolute Gasteiger partial charge is 0.279 e. The Kier molecular flexibility index (Phi) is 5.84. The number of ether oxygens (including phenoxy) is 1. The summed E-state index contributed by atoms with van der Waals surface area (Å²) in [5.41, 5.74) is 3.33. The van der Waals surface area contributed by atoms with E-state index in [1.54, 1.807) is 23.5 Å². The van der Waals surface area contributed by atoms with Crippen LogP contribution in [0, 0.1) is 12.7 Å². The van der Waals surface area contributed by atoms with Crippen molar-refractivity contribution in [3.05, 3.63) is 100 Å². The number of hydrogen-bond acceptors (Lipinski definition) is 6. The number of nitrogens with one attached hydrogen (secondary N) is 1. The zero-order chi connectivity index (χ0) is 24.5. The maximum absolute atomic E-state index is 13.3. The van der Waals surface area contributed by atoms with Crippen molar-refractivity contribution in [2.24, 2.45) is 0 Å². The summed E-state index contributed by atoms with van der Waals surface area (Å²) in [7, 11) is 1.35. The number of aryl methyl sites for hydroxylation is 1. The number of methoxy groups -OCH3 is 1. The quantitative estimate of drug-likeness (QED) is 0.368. The van der Waals surface area contributed by atoms with E-state index in [1.807, 2.05) is 31.2 Å². The number of hydrogen-bond donors (Lipinski definition) is 1. The molecule has 5 rings (SSSR count). The van der Waals surface area contributed by atoms with Gasteiger partial charge in [-0.3, -0.25) is 9.59 Å². The summed E-state index contributed by atoms with van der Waals surface area (Å²) in [4.78, 5) is 30.2. The molecule has 174 valence electrons. The van der Waals surface area contributed by atoms with Crippen LogP contribution in [0.1, 0.15) is 16.1 Å². The van der Waals surface area contributed by atoms with E-state index in [2.05, 4.69) is 21.5 Å². The number of aromatic nitrogens is 3. The first kappa shape index (κ1) is 22.4. The van der Waals surface area contributed by atoms with Crippen molar-refractivity contribution in [1.29, 1.82) is 0 Å². The molecule has 0 fully saturated rings. The largest absolute Gasteiger partial charge is 0.494 e. The Labute approximate surface area is 203 Å². The third kappa shape index (κ3) is 4.53. The molecular weight excluding hydrogens is 467 g/mol. The fraction of sp³-hybridized carbons (Fsp3) is 0.0769. The Morgan fingerprint density at radius 2 is 1.77 bits per heavy atom. The van der Waals surface area contributed by atoms with Gasteiger partial charge in [0.15, 0.2) is 11.4 Å². The van der Waals surface area contributed by atoms with Crippen molar-refractivity contribution in [1.82, 2.24) is 14.8 Å². The number of halogens is 1. The van der Waals surface area contributed by atoms with Crippen molar-refractivity contribution in [3.8, 4) is 22.0 Å². The molecule has 0 saturated heterocycles. The minimum absolute atomic E-state index is 0.0345. The van der Waals surface area contributed by atoms with Crippen LogP contribution in [0.15, 0.2) is 77.6 Å². The summed E-state index contributed by atoms with van der Waals surface area (Å²) in [5, 5.41) is 7.84. The zero-order valence-corrected chi connectivity index (χ0v) is 19.6. The van der Waals surface area contributed by atoms with Crippen LogP contribution in [-0.4, -0.2) is 27.8 Å². The number of fused-ring (bicyclic) bond motifs is 1. The van der Waals surface area contributed by atoms with Crippen LogP contribution < -0.4 is 15.6 Å². The minimum Gasteiger partial charge on any atom is -0.494 e. The molecule has 1 N–H and O–H groups in total. The molecule has 9 heteroatoms. The Hall–Kier alpha value is -4.37. The van der Waals surface area contributed by atoms with Gasteiger partial charge >= 0.3 is 0 Å². The molecule has 0 aliphatic heterocycles. The summed E-state index contributed by atoms with van der Waals surface area (Å²) in [6, 6.07) is 19.8. The molecular formula is C26H19FN4O3S. The molecule has 0 aliphatic carbocycles. The van der Waals surface area contributed by atoms with Crippen LogP contribution in [0.2, 0.25) is 0 Å². The lowest BCUT2D eigenvalue weighted by molar-refractivity contribution is 0.101. The fourth-order valence-corrected chi connectivity index (χ4v) is 4.63. The number of thiazole rings is 1. The third-order valence-electron chi connectivity index (χ3n) is 5.34. The van der Waals surface area contributed by atoms with Crippen LogP contribution in [0.5, 0.6) is 5.75 Å². The lowest BCUT2D eigenvalue weighted by Gasteiger charge is -2.11. The van der Waals surface area contributed by atoms with Crippen molar-refractivity contribution in [3.63, 3.8) is 0 Å². The highest BCUT2D eigenvalue weighted by Gasteiger charge is 2.18. The lowest BCUT2D eigenvalue weighted by atomic mass is 10.2. The molecule has 0 saturated carbocycles. The minimum atomic E-state index is -0.555. The van der Waals surface area contributed by atoms with E-state index in [0.717, 1.165) is 25.5 Å². The monoisotopic (exact) mass is 486 g/mol. The van der Waals surface area contributed by atoms with Crippen LogP contribution in [0.3, 0.4) is 0 Å². The topological polar surface area (TPSA) is 86.1 Å². The molecule has 0 unspecified atom stereocenters. The average molecular weight is 487 g/mol. The number of rotatable bonds is 5. The molecule has 2 aromatic heterocycles. The van der Waals surface area contributed by atoms with E-state index in [9.17, 15) is 14.0 Å². The second-order valence-electron chi connectivity index (χ2n) is 7.81. The van der Waals surface area contributed by atoms with Gasteiger partial charge in [-0.05, 0) is 73.2 Å². The van der Waals surface area contributed by atoms with Crippen LogP contribution in [0.4, 0.5) is 10.1 Å². The molecule has 7 nitrogen and oxygen atoms in total. The first-order valence-corrected chi connectivity index (χ1v) is 11.5. The standard InChI is InChI=1S/C26H19FN4O3S/c1-15-3-12-20-22(13-15)35-26(29-20)16-4-8-18(9-5-16)28-25(33)24-21(34-2)14-23(32)31(30-24)19-10-6-17(27)7-11-19/h3-14H,1-2H3,(H,28,33). The second kappa shape index (κ2) is 9.11. The van der Waals surface area contributed by atoms with Gasteiger partial charge in [0.1, 0.15) is 10.8 Å². The molecule has 0 aliphatic rings. The molecule has 1 amide bonds. The van der Waals surface area contributed by atoms with E-state index >= 15 is 0 Å². The summed E-state index contributed by atoms with van der Waals surface area (Å²) in [5.74, 6) is -0.967. The van der Waals surface area contributed by atoms with E-state index in [0.29, 0.717) is 11.4 Å². The first-order chi connectivity index (χ1) is 16.9. The number of carbonyl (C=O) groups is 1. The molecule has 0 atom stereocenters. The molecule has 3 aromatic carbocycles. The number of amides is 1. The van der Waals surface area contributed by atoms with Gasteiger partial charge in [-0.15, -0.1) is 11.3 Å². The van der Waals surface area contributed by atoms with Gasteiger partial charge in [-0.1, -0.05) is 6.07 Å². The van der Waals surface area contributed by atoms with Crippen molar-refractivity contribution < 1.29 is 13.9 Å². The summed E-state index contributed by atoms with van der Waals surface area (Å²) >= 11 is 1.61. The number of benzene rings is 3.